The number of nitrogens with zero attached hydrogens (tertiary/aromatic N) is 4. The molecule has 1 aliphatic rings. The van der Waals surface area contributed by atoms with E-state index < -0.39 is 10.0 Å². The number of halogens is 1. The Kier molecular flexibility index (Phi) is 7.87. The average Bonchev–Trinajstić information content (AvgIpc) is 2.94. The van der Waals surface area contributed by atoms with E-state index in [0.29, 0.717) is 42.8 Å². The summed E-state index contributed by atoms with van der Waals surface area (Å²) in [6, 6.07) is 18.4. The molecule has 1 saturated heterocycles. The summed E-state index contributed by atoms with van der Waals surface area (Å²) in [4.78, 5) is 13.0. The van der Waals surface area contributed by atoms with Crippen LogP contribution in [0.4, 0.5) is 27.5 Å². The first kappa shape index (κ1) is 25.7. The highest BCUT2D eigenvalue weighted by atomic mass is 32.2. The van der Waals surface area contributed by atoms with Crippen molar-refractivity contribution in [2.24, 2.45) is 0 Å². The summed E-state index contributed by atoms with van der Waals surface area (Å²) in [5.41, 5.74) is 2.46. The Bertz CT molecular complexity index is 1450. The fourth-order valence-corrected chi connectivity index (χ4v) is 5.69. The molecule has 0 saturated carbocycles. The van der Waals surface area contributed by atoms with Gasteiger partial charge in [0, 0.05) is 55.6 Å². The molecule has 1 aliphatic heterocycles. The molecule has 4 aromatic rings. The van der Waals surface area contributed by atoms with Crippen molar-refractivity contribution in [2.75, 3.05) is 23.7 Å². The molecule has 9 nitrogen and oxygen atoms in total. The Morgan fingerprint density at radius 1 is 0.895 bits per heavy atom. The van der Waals surface area contributed by atoms with E-state index in [0.717, 1.165) is 18.4 Å². The van der Waals surface area contributed by atoms with E-state index in [1.54, 1.807) is 59.2 Å². The number of piperidine rings is 1. The number of pyridine rings is 1. The lowest BCUT2D eigenvalue weighted by molar-refractivity contribution is 0.288. The Balaban J connectivity index is 1.16. The number of sulfonamides is 1. The van der Waals surface area contributed by atoms with Gasteiger partial charge in [0.15, 0.2) is 0 Å². The molecule has 1 fully saturated rings. The normalized spacial score (nSPS) is 14.8. The van der Waals surface area contributed by atoms with Gasteiger partial charge in [-0.1, -0.05) is 6.07 Å². The van der Waals surface area contributed by atoms with Crippen molar-refractivity contribution in [3.05, 3.63) is 96.7 Å². The fraction of sp³-hybridized carbons (Fsp3) is 0.222. The first-order chi connectivity index (χ1) is 18.5. The minimum absolute atomic E-state index is 0.248. The van der Waals surface area contributed by atoms with Crippen LogP contribution in [0.1, 0.15) is 18.4 Å². The molecule has 0 atom stereocenters. The van der Waals surface area contributed by atoms with E-state index in [2.05, 4.69) is 30.9 Å². The summed E-state index contributed by atoms with van der Waals surface area (Å²) >= 11 is 0. The first-order valence-electron chi connectivity index (χ1n) is 12.3. The molecule has 0 bridgehead atoms. The molecule has 5 rings (SSSR count). The number of anilines is 4. The Morgan fingerprint density at radius 3 is 2.32 bits per heavy atom. The molecular weight excluding hydrogens is 505 g/mol. The van der Waals surface area contributed by atoms with Gasteiger partial charge in [-0.2, -0.15) is 9.29 Å². The molecule has 2 aromatic carbocycles. The smallest absolute Gasteiger partial charge is 0.243 e. The van der Waals surface area contributed by atoms with Gasteiger partial charge in [-0.15, -0.1) is 0 Å². The first-order valence-corrected chi connectivity index (χ1v) is 13.7. The predicted octanol–water partition coefficient (Wildman–Crippen LogP) is 4.44. The third-order valence-electron chi connectivity index (χ3n) is 6.29. The van der Waals surface area contributed by atoms with Crippen LogP contribution in [0.3, 0.4) is 0 Å². The molecule has 0 aliphatic carbocycles. The second-order valence-corrected chi connectivity index (χ2v) is 10.9. The van der Waals surface area contributed by atoms with Gasteiger partial charge in [0.1, 0.15) is 11.6 Å². The summed E-state index contributed by atoms with van der Waals surface area (Å²) in [6.07, 6.45) is 6.67. The van der Waals surface area contributed by atoms with E-state index in [1.165, 1.54) is 12.1 Å². The zero-order valence-corrected chi connectivity index (χ0v) is 21.4. The minimum atomic E-state index is -3.59. The third kappa shape index (κ3) is 6.49. The minimum Gasteiger partial charge on any atom is -0.340 e. The van der Waals surface area contributed by atoms with E-state index in [4.69, 9.17) is 0 Å². The van der Waals surface area contributed by atoms with Gasteiger partial charge < -0.3 is 16.0 Å². The monoisotopic (exact) mass is 533 g/mol. The van der Waals surface area contributed by atoms with Gasteiger partial charge in [0.05, 0.1) is 4.90 Å². The SMILES string of the molecule is O=S(=O)(c1ccc(Nc2nccc(Nc3ccc(F)cc3)n2)cc1)N1CCC(NCc2cccnc2)CC1. The van der Waals surface area contributed by atoms with Crippen LogP contribution in [-0.2, 0) is 16.6 Å². The Hall–Kier alpha value is -3.93. The number of nitrogens with one attached hydrogen (secondary N) is 3. The van der Waals surface area contributed by atoms with Gasteiger partial charge in [0.2, 0.25) is 16.0 Å². The zero-order chi connectivity index (χ0) is 26.4. The highest BCUT2D eigenvalue weighted by molar-refractivity contribution is 7.89. The van der Waals surface area contributed by atoms with E-state index in [9.17, 15) is 12.8 Å². The Morgan fingerprint density at radius 2 is 1.61 bits per heavy atom. The van der Waals surface area contributed by atoms with Crippen molar-refractivity contribution < 1.29 is 12.8 Å². The quantitative estimate of drug-likeness (QED) is 0.290. The highest BCUT2D eigenvalue weighted by Crippen LogP contribution is 2.24. The number of aromatic nitrogens is 3. The second-order valence-electron chi connectivity index (χ2n) is 8.97. The van der Waals surface area contributed by atoms with Gasteiger partial charge in [-0.05, 0) is 79.1 Å². The van der Waals surface area contributed by atoms with Crippen LogP contribution < -0.4 is 16.0 Å². The van der Waals surface area contributed by atoms with E-state index in [1.807, 2.05) is 18.3 Å². The summed E-state index contributed by atoms with van der Waals surface area (Å²) in [5, 5.41) is 9.68. The summed E-state index contributed by atoms with van der Waals surface area (Å²) in [6.45, 7) is 1.65. The van der Waals surface area contributed by atoms with Crippen molar-refractivity contribution in [3.63, 3.8) is 0 Å². The van der Waals surface area contributed by atoms with E-state index in [-0.39, 0.29) is 16.8 Å². The molecule has 3 heterocycles. The maximum absolute atomic E-state index is 13.2. The summed E-state index contributed by atoms with van der Waals surface area (Å²) in [5.74, 6) is 0.560. The number of hydrogen-bond donors (Lipinski definition) is 3. The molecule has 0 radical (unpaired) electrons. The van der Waals surface area contributed by atoms with Crippen LogP contribution in [0, 0.1) is 5.82 Å². The van der Waals surface area contributed by atoms with Crippen LogP contribution in [-0.4, -0.2) is 46.8 Å². The van der Waals surface area contributed by atoms with E-state index >= 15 is 0 Å². The molecule has 2 aromatic heterocycles. The lowest BCUT2D eigenvalue weighted by Gasteiger charge is -2.31. The lowest BCUT2D eigenvalue weighted by atomic mass is 10.1. The molecule has 3 N–H and O–H groups in total. The fourth-order valence-electron chi connectivity index (χ4n) is 4.22. The lowest BCUT2D eigenvalue weighted by Crippen LogP contribution is -2.44. The molecule has 0 unspecified atom stereocenters. The number of rotatable bonds is 9. The van der Waals surface area contributed by atoms with Crippen molar-refractivity contribution >= 4 is 33.2 Å². The van der Waals surface area contributed by atoms with Crippen LogP contribution in [0.25, 0.3) is 0 Å². The predicted molar refractivity (Wildman–Crippen MR) is 144 cm³/mol. The van der Waals surface area contributed by atoms with Crippen LogP contribution >= 0.6 is 0 Å². The molecule has 0 amide bonds. The van der Waals surface area contributed by atoms with Gasteiger partial charge >= 0.3 is 0 Å². The van der Waals surface area contributed by atoms with Crippen LogP contribution in [0.2, 0.25) is 0 Å². The molecular formula is C27H28FN7O2S. The Labute approximate surface area is 221 Å². The van der Waals surface area contributed by atoms with Crippen molar-refractivity contribution in [1.82, 2.24) is 24.6 Å². The standard InChI is InChI=1S/C27H28FN7O2S/c28-21-3-5-23(6-4-21)32-26-11-15-30-27(34-26)33-24-7-9-25(10-8-24)38(36,37)35-16-12-22(13-17-35)31-19-20-2-1-14-29-18-20/h1-11,14-15,18,22,31H,12-13,16-17,19H2,(H2,30,32,33,34). The molecule has 11 heteroatoms. The van der Waals surface area contributed by atoms with Crippen molar-refractivity contribution in [1.29, 1.82) is 0 Å². The number of hydrogen-bond acceptors (Lipinski definition) is 8. The number of benzene rings is 2. The molecule has 38 heavy (non-hydrogen) atoms. The zero-order valence-electron chi connectivity index (χ0n) is 20.6. The van der Waals surface area contributed by atoms with Crippen LogP contribution in [0.15, 0.2) is 90.2 Å². The summed E-state index contributed by atoms with van der Waals surface area (Å²) < 4.78 is 41.1. The third-order valence-corrected chi connectivity index (χ3v) is 8.20. The average molecular weight is 534 g/mol. The van der Waals surface area contributed by atoms with Gasteiger partial charge in [0.25, 0.3) is 0 Å². The maximum Gasteiger partial charge on any atom is 0.243 e. The van der Waals surface area contributed by atoms with Crippen molar-refractivity contribution in [3.8, 4) is 0 Å². The highest BCUT2D eigenvalue weighted by Gasteiger charge is 2.29. The molecule has 196 valence electrons. The topological polar surface area (TPSA) is 112 Å². The van der Waals surface area contributed by atoms with Crippen LogP contribution in [0.5, 0.6) is 0 Å². The van der Waals surface area contributed by atoms with Gasteiger partial charge in [-0.25, -0.2) is 17.8 Å². The maximum atomic E-state index is 13.2. The molecule has 0 spiro atoms. The second kappa shape index (κ2) is 11.6. The largest absolute Gasteiger partial charge is 0.340 e. The summed E-state index contributed by atoms with van der Waals surface area (Å²) in [7, 11) is -3.59. The van der Waals surface area contributed by atoms with Crippen molar-refractivity contribution in [2.45, 2.75) is 30.3 Å². The van der Waals surface area contributed by atoms with Gasteiger partial charge in [-0.3, -0.25) is 4.98 Å².